The summed E-state index contributed by atoms with van der Waals surface area (Å²) in [5, 5.41) is 3.79. The minimum atomic E-state index is -0.486. The minimum absolute atomic E-state index is 0.0140. The van der Waals surface area contributed by atoms with Gasteiger partial charge in [-0.2, -0.15) is 0 Å². The maximum absolute atomic E-state index is 13.3. The molecule has 2 aromatic carbocycles. The Bertz CT molecular complexity index is 1040. The van der Waals surface area contributed by atoms with Crippen molar-refractivity contribution in [2.75, 3.05) is 23.3 Å². The van der Waals surface area contributed by atoms with E-state index in [4.69, 9.17) is 21.6 Å². The third kappa shape index (κ3) is 3.00. The molecule has 0 unspecified atom stereocenters. The summed E-state index contributed by atoms with van der Waals surface area (Å²) in [7, 11) is 0. The van der Waals surface area contributed by atoms with Gasteiger partial charge in [-0.05, 0) is 55.5 Å². The topological polar surface area (TPSA) is 58.1 Å². The lowest BCUT2D eigenvalue weighted by Crippen LogP contribution is -2.30. The first-order valence-electron chi connectivity index (χ1n) is 9.75. The molecule has 1 amide bonds. The Kier molecular flexibility index (Phi) is 4.20. The SMILES string of the molecule is O=C(Nc1nc2ccccc2nc1N1CCCC1)C1(c2ccc(Cl)cc2)CC1. The van der Waals surface area contributed by atoms with Crippen molar-refractivity contribution in [3.63, 3.8) is 0 Å². The molecule has 0 spiro atoms. The van der Waals surface area contributed by atoms with Crippen molar-refractivity contribution < 1.29 is 4.79 Å². The van der Waals surface area contributed by atoms with E-state index in [2.05, 4.69) is 10.2 Å². The zero-order valence-corrected chi connectivity index (χ0v) is 16.2. The molecule has 3 aromatic rings. The van der Waals surface area contributed by atoms with Crippen molar-refractivity contribution in [3.8, 4) is 0 Å². The standard InChI is InChI=1S/C22H21ClN4O/c23-16-9-7-15(8-10-16)22(11-12-22)21(28)26-19-20(27-13-3-4-14-27)25-18-6-2-1-5-17(18)24-19/h1-2,5-10H,3-4,11-14H2,(H,24,26,28). The number of rotatable bonds is 4. The van der Waals surface area contributed by atoms with Crippen LogP contribution >= 0.6 is 11.6 Å². The monoisotopic (exact) mass is 392 g/mol. The quantitative estimate of drug-likeness (QED) is 0.707. The molecule has 6 heteroatoms. The van der Waals surface area contributed by atoms with Crippen molar-refractivity contribution in [2.45, 2.75) is 31.1 Å². The Hall–Kier alpha value is -2.66. The lowest BCUT2D eigenvalue weighted by Gasteiger charge is -2.22. The fourth-order valence-corrected chi connectivity index (χ4v) is 4.12. The Balaban J connectivity index is 1.51. The second-order valence-corrected chi connectivity index (χ2v) is 8.06. The highest BCUT2D eigenvalue weighted by atomic mass is 35.5. The van der Waals surface area contributed by atoms with Gasteiger partial charge in [-0.15, -0.1) is 0 Å². The molecule has 1 saturated heterocycles. The molecule has 142 valence electrons. The van der Waals surface area contributed by atoms with E-state index in [1.807, 2.05) is 48.5 Å². The summed E-state index contributed by atoms with van der Waals surface area (Å²) in [5.41, 5.74) is 2.16. The first-order chi connectivity index (χ1) is 13.7. The van der Waals surface area contributed by atoms with Gasteiger partial charge >= 0.3 is 0 Å². The van der Waals surface area contributed by atoms with Gasteiger partial charge in [0.1, 0.15) is 0 Å². The Morgan fingerprint density at radius 3 is 2.25 bits per heavy atom. The molecule has 0 radical (unpaired) electrons. The van der Waals surface area contributed by atoms with E-state index in [0.29, 0.717) is 10.8 Å². The molecular weight excluding hydrogens is 372 g/mol. The van der Waals surface area contributed by atoms with Gasteiger partial charge in [0.2, 0.25) is 5.91 Å². The van der Waals surface area contributed by atoms with Crippen LogP contribution in [-0.4, -0.2) is 29.0 Å². The molecule has 1 aromatic heterocycles. The van der Waals surface area contributed by atoms with Crippen LogP contribution in [0.15, 0.2) is 48.5 Å². The molecule has 1 aliphatic heterocycles. The molecule has 0 bridgehead atoms. The molecule has 5 rings (SSSR count). The predicted molar refractivity (Wildman–Crippen MR) is 112 cm³/mol. The molecule has 5 nitrogen and oxygen atoms in total. The smallest absolute Gasteiger partial charge is 0.236 e. The van der Waals surface area contributed by atoms with Gasteiger partial charge in [-0.1, -0.05) is 35.9 Å². The van der Waals surface area contributed by atoms with E-state index in [1.54, 1.807) is 0 Å². The van der Waals surface area contributed by atoms with Gasteiger partial charge in [0.15, 0.2) is 11.6 Å². The summed E-state index contributed by atoms with van der Waals surface area (Å²) in [4.78, 5) is 25.1. The number of nitrogens with zero attached hydrogens (tertiary/aromatic N) is 3. The first kappa shape index (κ1) is 17.4. The highest BCUT2D eigenvalue weighted by Crippen LogP contribution is 2.49. The van der Waals surface area contributed by atoms with E-state index >= 15 is 0 Å². The fourth-order valence-electron chi connectivity index (χ4n) is 3.99. The summed E-state index contributed by atoms with van der Waals surface area (Å²) in [6, 6.07) is 15.4. The van der Waals surface area contributed by atoms with E-state index in [0.717, 1.165) is 61.2 Å². The molecule has 1 N–H and O–H groups in total. The molecule has 2 aliphatic rings. The molecule has 28 heavy (non-hydrogen) atoms. The largest absolute Gasteiger partial charge is 0.354 e. The average molecular weight is 393 g/mol. The van der Waals surface area contributed by atoms with Crippen LogP contribution in [0.4, 0.5) is 11.6 Å². The van der Waals surface area contributed by atoms with Gasteiger partial charge in [0.25, 0.3) is 0 Å². The number of benzene rings is 2. The number of fused-ring (bicyclic) bond motifs is 1. The number of para-hydroxylation sites is 2. The summed E-state index contributed by atoms with van der Waals surface area (Å²) < 4.78 is 0. The average Bonchev–Trinajstić information content (AvgIpc) is 3.35. The highest BCUT2D eigenvalue weighted by molar-refractivity contribution is 6.30. The van der Waals surface area contributed by atoms with Gasteiger partial charge in [-0.25, -0.2) is 9.97 Å². The first-order valence-corrected chi connectivity index (χ1v) is 10.1. The van der Waals surface area contributed by atoms with Crippen molar-refractivity contribution >= 4 is 40.2 Å². The van der Waals surface area contributed by atoms with Crippen LogP contribution in [0.5, 0.6) is 0 Å². The number of halogens is 1. The summed E-state index contributed by atoms with van der Waals surface area (Å²) >= 11 is 6.02. The van der Waals surface area contributed by atoms with Crippen LogP contribution in [0.3, 0.4) is 0 Å². The lowest BCUT2D eigenvalue weighted by molar-refractivity contribution is -0.118. The number of hydrogen-bond donors (Lipinski definition) is 1. The van der Waals surface area contributed by atoms with Crippen molar-refractivity contribution in [2.24, 2.45) is 0 Å². The maximum atomic E-state index is 13.3. The molecule has 0 atom stereocenters. The van der Waals surface area contributed by atoms with Crippen molar-refractivity contribution in [1.82, 2.24) is 9.97 Å². The van der Waals surface area contributed by atoms with Crippen LogP contribution in [0.25, 0.3) is 11.0 Å². The molecule has 1 aliphatic carbocycles. The second-order valence-electron chi connectivity index (χ2n) is 7.62. The van der Waals surface area contributed by atoms with E-state index in [-0.39, 0.29) is 5.91 Å². The molecular formula is C22H21ClN4O. The van der Waals surface area contributed by atoms with Crippen molar-refractivity contribution in [1.29, 1.82) is 0 Å². The normalized spacial score (nSPS) is 17.7. The fraction of sp³-hybridized carbons (Fsp3) is 0.318. The van der Waals surface area contributed by atoms with Gasteiger partial charge in [-0.3, -0.25) is 4.79 Å². The third-order valence-electron chi connectivity index (χ3n) is 5.77. The van der Waals surface area contributed by atoms with Crippen LogP contribution < -0.4 is 10.2 Å². The van der Waals surface area contributed by atoms with Gasteiger partial charge < -0.3 is 10.2 Å². The second kappa shape index (κ2) is 6.74. The minimum Gasteiger partial charge on any atom is -0.354 e. The number of amides is 1. The van der Waals surface area contributed by atoms with Gasteiger partial charge in [0.05, 0.1) is 16.4 Å². The van der Waals surface area contributed by atoms with E-state index in [1.165, 1.54) is 0 Å². The number of anilines is 2. The Labute approximate surface area is 168 Å². The molecule has 2 fully saturated rings. The number of carbonyl (C=O) groups excluding carboxylic acids is 1. The van der Waals surface area contributed by atoms with Gasteiger partial charge in [0, 0.05) is 18.1 Å². The predicted octanol–water partition coefficient (Wildman–Crippen LogP) is 4.55. The summed E-state index contributed by atoms with van der Waals surface area (Å²) in [5.74, 6) is 1.32. The van der Waals surface area contributed by atoms with Crippen molar-refractivity contribution in [3.05, 3.63) is 59.1 Å². The maximum Gasteiger partial charge on any atom is 0.236 e. The zero-order valence-electron chi connectivity index (χ0n) is 15.5. The summed E-state index contributed by atoms with van der Waals surface area (Å²) in [6.45, 7) is 1.89. The summed E-state index contributed by atoms with van der Waals surface area (Å²) in [6.07, 6.45) is 3.94. The zero-order chi connectivity index (χ0) is 19.1. The Morgan fingerprint density at radius 2 is 1.61 bits per heavy atom. The van der Waals surface area contributed by atoms with E-state index in [9.17, 15) is 4.79 Å². The van der Waals surface area contributed by atoms with Crippen LogP contribution in [0.1, 0.15) is 31.2 Å². The Morgan fingerprint density at radius 1 is 0.964 bits per heavy atom. The highest BCUT2D eigenvalue weighted by Gasteiger charge is 2.51. The van der Waals surface area contributed by atoms with Crippen LogP contribution in [-0.2, 0) is 10.2 Å². The molecule has 2 heterocycles. The lowest BCUT2D eigenvalue weighted by atomic mass is 9.95. The number of nitrogens with one attached hydrogen (secondary N) is 1. The number of aromatic nitrogens is 2. The number of hydrogen-bond acceptors (Lipinski definition) is 4. The molecule has 1 saturated carbocycles. The van der Waals surface area contributed by atoms with Crippen LogP contribution in [0.2, 0.25) is 5.02 Å². The van der Waals surface area contributed by atoms with E-state index < -0.39 is 5.41 Å². The number of carbonyl (C=O) groups is 1. The third-order valence-corrected chi connectivity index (χ3v) is 6.02. The van der Waals surface area contributed by atoms with Crippen LogP contribution in [0, 0.1) is 0 Å².